The van der Waals surface area contributed by atoms with Crippen LogP contribution in [0.2, 0.25) is 0 Å². The molecule has 0 aliphatic rings. The van der Waals surface area contributed by atoms with Crippen molar-refractivity contribution < 1.29 is 13.2 Å². The fraction of sp³-hybridized carbons (Fsp3) is 0.312. The van der Waals surface area contributed by atoms with Crippen LogP contribution >= 0.6 is 11.3 Å². The molecule has 5 nitrogen and oxygen atoms in total. The summed E-state index contributed by atoms with van der Waals surface area (Å²) in [6, 6.07) is 13.1. The van der Waals surface area contributed by atoms with Crippen LogP contribution in [0.4, 0.5) is 0 Å². The van der Waals surface area contributed by atoms with Gasteiger partial charge in [-0.2, -0.15) is 0 Å². The number of carbonyl (C=O) groups is 1. The van der Waals surface area contributed by atoms with Crippen molar-refractivity contribution in [3.8, 4) is 0 Å². The van der Waals surface area contributed by atoms with Crippen LogP contribution in [-0.2, 0) is 27.7 Å². The fourth-order valence-electron chi connectivity index (χ4n) is 1.98. The zero-order valence-corrected chi connectivity index (χ0v) is 14.5. The predicted octanol–water partition coefficient (Wildman–Crippen LogP) is 1.95. The minimum absolute atomic E-state index is 0.242. The molecule has 0 atom stereocenters. The van der Waals surface area contributed by atoms with Crippen molar-refractivity contribution in [2.24, 2.45) is 0 Å². The smallest absolute Gasteiger partial charge is 0.250 e. The first-order valence-corrected chi connectivity index (χ1v) is 9.70. The fourth-order valence-corrected chi connectivity index (χ4v) is 4.30. The van der Waals surface area contributed by atoms with Crippen LogP contribution in [0, 0.1) is 0 Å². The van der Waals surface area contributed by atoms with Crippen LogP contribution in [0.25, 0.3) is 0 Å². The average Bonchev–Trinajstić information content (AvgIpc) is 3.04. The third-order valence-electron chi connectivity index (χ3n) is 3.25. The summed E-state index contributed by atoms with van der Waals surface area (Å²) in [4.78, 5) is 12.7. The first-order valence-electron chi connectivity index (χ1n) is 7.40. The van der Waals surface area contributed by atoms with E-state index in [2.05, 4.69) is 10.0 Å². The first kappa shape index (κ1) is 17.7. The Hall–Kier alpha value is -1.70. The van der Waals surface area contributed by atoms with Gasteiger partial charge in [-0.3, -0.25) is 4.79 Å². The summed E-state index contributed by atoms with van der Waals surface area (Å²) in [6.07, 6.45) is 1.50. The van der Waals surface area contributed by atoms with Gasteiger partial charge in [0.2, 0.25) is 5.91 Å². The standard InChI is InChI=1S/C16H20N2O3S2/c1-2-14-8-9-16(22-14)23(20,21)18-12-15(19)17-11-10-13-6-4-3-5-7-13/h3-9,18H,2,10-12H2,1H3,(H,17,19). The molecule has 23 heavy (non-hydrogen) atoms. The highest BCUT2D eigenvalue weighted by Gasteiger charge is 2.17. The monoisotopic (exact) mass is 352 g/mol. The number of rotatable bonds is 8. The van der Waals surface area contributed by atoms with Gasteiger partial charge in [0.1, 0.15) is 4.21 Å². The number of hydrogen-bond donors (Lipinski definition) is 2. The minimum atomic E-state index is -3.61. The molecule has 0 fully saturated rings. The van der Waals surface area contributed by atoms with E-state index >= 15 is 0 Å². The van der Waals surface area contributed by atoms with E-state index in [0.717, 1.165) is 16.9 Å². The predicted molar refractivity (Wildman–Crippen MR) is 92.0 cm³/mol. The van der Waals surface area contributed by atoms with Crippen molar-refractivity contribution in [1.29, 1.82) is 0 Å². The van der Waals surface area contributed by atoms with Gasteiger partial charge in [0.15, 0.2) is 0 Å². The van der Waals surface area contributed by atoms with Crippen LogP contribution in [0.3, 0.4) is 0 Å². The van der Waals surface area contributed by atoms with E-state index in [0.29, 0.717) is 13.0 Å². The number of sulfonamides is 1. The van der Waals surface area contributed by atoms with Crippen molar-refractivity contribution >= 4 is 27.3 Å². The van der Waals surface area contributed by atoms with E-state index in [4.69, 9.17) is 0 Å². The molecule has 0 unspecified atom stereocenters. The quantitative estimate of drug-likeness (QED) is 0.762. The number of amides is 1. The Balaban J connectivity index is 1.77. The second-order valence-electron chi connectivity index (χ2n) is 4.98. The molecule has 1 aromatic heterocycles. The number of carbonyl (C=O) groups excluding carboxylic acids is 1. The van der Waals surface area contributed by atoms with Crippen molar-refractivity contribution in [1.82, 2.24) is 10.0 Å². The van der Waals surface area contributed by atoms with Gasteiger partial charge in [0.25, 0.3) is 10.0 Å². The van der Waals surface area contributed by atoms with Gasteiger partial charge in [-0.05, 0) is 30.5 Å². The largest absolute Gasteiger partial charge is 0.355 e. The molecule has 7 heteroatoms. The molecule has 0 radical (unpaired) electrons. The third-order valence-corrected chi connectivity index (χ3v) is 6.37. The molecule has 0 spiro atoms. The summed E-state index contributed by atoms with van der Waals surface area (Å²) in [6.45, 7) is 2.19. The van der Waals surface area contributed by atoms with Crippen molar-refractivity contribution in [3.63, 3.8) is 0 Å². The van der Waals surface area contributed by atoms with E-state index in [1.54, 1.807) is 12.1 Å². The van der Waals surface area contributed by atoms with Gasteiger partial charge in [0, 0.05) is 11.4 Å². The zero-order chi connectivity index (χ0) is 16.7. The summed E-state index contributed by atoms with van der Waals surface area (Å²) in [5.41, 5.74) is 1.12. The van der Waals surface area contributed by atoms with Crippen molar-refractivity contribution in [2.75, 3.05) is 13.1 Å². The normalized spacial score (nSPS) is 11.3. The van der Waals surface area contributed by atoms with E-state index < -0.39 is 10.0 Å². The molecule has 2 aromatic rings. The Bertz CT molecular complexity index is 740. The zero-order valence-electron chi connectivity index (χ0n) is 12.9. The number of aryl methyl sites for hydroxylation is 1. The van der Waals surface area contributed by atoms with Gasteiger partial charge in [0.05, 0.1) is 6.54 Å². The molecule has 1 aromatic carbocycles. The summed E-state index contributed by atoms with van der Waals surface area (Å²) in [5.74, 6) is -0.336. The second-order valence-corrected chi connectivity index (χ2v) is 8.15. The van der Waals surface area contributed by atoms with Crippen molar-refractivity contribution in [3.05, 3.63) is 52.9 Å². The minimum Gasteiger partial charge on any atom is -0.355 e. The lowest BCUT2D eigenvalue weighted by Crippen LogP contribution is -2.37. The highest BCUT2D eigenvalue weighted by atomic mass is 32.2. The molecule has 0 saturated carbocycles. The number of hydrogen-bond acceptors (Lipinski definition) is 4. The maximum absolute atomic E-state index is 12.1. The Morgan fingerprint density at radius 3 is 2.52 bits per heavy atom. The SMILES string of the molecule is CCc1ccc(S(=O)(=O)NCC(=O)NCCc2ccccc2)s1. The van der Waals surface area contributed by atoms with Gasteiger partial charge >= 0.3 is 0 Å². The van der Waals surface area contributed by atoms with E-state index in [1.807, 2.05) is 37.3 Å². The maximum Gasteiger partial charge on any atom is 0.250 e. The molecule has 0 aliphatic carbocycles. The number of benzene rings is 1. The van der Waals surface area contributed by atoms with Crippen LogP contribution in [0.1, 0.15) is 17.4 Å². The second kappa shape index (κ2) is 8.24. The molecule has 124 valence electrons. The lowest BCUT2D eigenvalue weighted by molar-refractivity contribution is -0.119. The van der Waals surface area contributed by atoms with Crippen LogP contribution in [0.15, 0.2) is 46.7 Å². The molecule has 2 N–H and O–H groups in total. The van der Waals surface area contributed by atoms with E-state index in [1.165, 1.54) is 11.3 Å². The Kier molecular flexibility index (Phi) is 6.32. The summed E-state index contributed by atoms with van der Waals surface area (Å²) >= 11 is 1.22. The van der Waals surface area contributed by atoms with Gasteiger partial charge in [-0.1, -0.05) is 37.3 Å². The van der Waals surface area contributed by atoms with Gasteiger partial charge < -0.3 is 5.32 Å². The van der Waals surface area contributed by atoms with Gasteiger partial charge in [-0.25, -0.2) is 13.1 Å². The highest BCUT2D eigenvalue weighted by Crippen LogP contribution is 2.21. The molecule has 0 bridgehead atoms. The average molecular weight is 352 g/mol. The number of thiophene rings is 1. The molecular weight excluding hydrogens is 332 g/mol. The Morgan fingerprint density at radius 2 is 1.87 bits per heavy atom. The van der Waals surface area contributed by atoms with E-state index in [9.17, 15) is 13.2 Å². The first-order chi connectivity index (χ1) is 11.0. The summed E-state index contributed by atoms with van der Waals surface area (Å²) < 4.78 is 26.7. The molecule has 2 rings (SSSR count). The van der Waals surface area contributed by atoms with E-state index in [-0.39, 0.29) is 16.7 Å². The molecular formula is C16H20N2O3S2. The maximum atomic E-state index is 12.1. The Labute approximate surface area is 140 Å². The third kappa shape index (κ3) is 5.46. The molecule has 0 aliphatic heterocycles. The topological polar surface area (TPSA) is 75.3 Å². The molecule has 0 saturated heterocycles. The highest BCUT2D eigenvalue weighted by molar-refractivity contribution is 7.91. The Morgan fingerprint density at radius 1 is 1.13 bits per heavy atom. The lowest BCUT2D eigenvalue weighted by Gasteiger charge is -2.07. The van der Waals surface area contributed by atoms with Gasteiger partial charge in [-0.15, -0.1) is 11.3 Å². The van der Waals surface area contributed by atoms with Crippen molar-refractivity contribution in [2.45, 2.75) is 24.0 Å². The number of nitrogens with one attached hydrogen (secondary N) is 2. The van der Waals surface area contributed by atoms with Crippen LogP contribution in [-0.4, -0.2) is 27.4 Å². The molecule has 1 amide bonds. The summed E-state index contributed by atoms with van der Waals surface area (Å²) in [7, 11) is -3.61. The van der Waals surface area contributed by atoms with Crippen LogP contribution < -0.4 is 10.0 Å². The van der Waals surface area contributed by atoms with Crippen LogP contribution in [0.5, 0.6) is 0 Å². The molecule has 1 heterocycles. The lowest BCUT2D eigenvalue weighted by atomic mass is 10.1. The summed E-state index contributed by atoms with van der Waals surface area (Å²) in [5, 5.41) is 2.71.